The van der Waals surface area contributed by atoms with Crippen LogP contribution < -0.4 is 20.7 Å². The van der Waals surface area contributed by atoms with E-state index < -0.39 is 41.7 Å². The summed E-state index contributed by atoms with van der Waals surface area (Å²) in [6.45, 7) is 6.07. The third-order valence-electron chi connectivity index (χ3n) is 10.8. The summed E-state index contributed by atoms with van der Waals surface area (Å²) in [6.07, 6.45) is 3.12. The number of methoxy groups -OCH3 is 1. The molecule has 290 valence electrons. The molecule has 0 radical (unpaired) electrons. The maximum atomic E-state index is 14.2. The molecule has 5 aromatic rings. The first-order valence-corrected chi connectivity index (χ1v) is 19.2. The summed E-state index contributed by atoms with van der Waals surface area (Å²) in [6, 6.07) is 21.2. The third kappa shape index (κ3) is 6.54. The first-order chi connectivity index (χ1) is 27.2. The molecule has 2 aromatic heterocycles. The van der Waals surface area contributed by atoms with Crippen molar-refractivity contribution in [3.63, 3.8) is 0 Å². The second-order valence-corrected chi connectivity index (χ2v) is 14.8. The molecule has 1 spiro atoms. The summed E-state index contributed by atoms with van der Waals surface area (Å²) in [4.78, 5) is 50.4. The van der Waals surface area contributed by atoms with E-state index in [-0.39, 0.29) is 42.1 Å². The first-order valence-electron chi connectivity index (χ1n) is 19.2. The Hall–Kier alpha value is -6.11. The minimum atomic E-state index is -1.11. The predicted octanol–water partition coefficient (Wildman–Crippen LogP) is 7.38. The van der Waals surface area contributed by atoms with E-state index in [1.54, 1.807) is 0 Å². The highest BCUT2D eigenvalue weighted by Crippen LogP contribution is 2.59. The molecule has 2 amide bonds. The highest BCUT2D eigenvalue weighted by molar-refractivity contribution is 5.89. The Bertz CT molecular complexity index is 2260. The monoisotopic (exact) mass is 759 g/mol. The lowest BCUT2D eigenvalue weighted by molar-refractivity contribution is -0.124. The SMILES string of the molecule is CCCCCCc1oc(-c2nc3oc2C24c5ccccc5NC2Oc2ccc(cc24)C[C@H](NC(=O)OCc2ccccc2)C(=O)N[C@H]3C(C)C)nc1C(=O)OC. The maximum absolute atomic E-state index is 14.2. The standard InChI is InChI=1S/C43H45N5O8/c1-5-6-7-11-18-32-34(40(50)52-4)47-39(54-32)35-36-43-27-16-12-13-17-29(27)44-41(43)55-31-20-19-26(21-28(31)43)22-30(37(49)46-33(24(2)3)38(48-35)56-36)45-42(51)53-23-25-14-9-8-10-15-25/h8-10,12-17,19-21,24,30,33,41,44H,5-7,11,18,22-23H2,1-4H3,(H,45,51)(H,46,49)/t30-,33-,41?,43?/m0/s1. The number of oxazole rings is 2. The molecule has 13 nitrogen and oxygen atoms in total. The van der Waals surface area contributed by atoms with Crippen LogP contribution in [0.3, 0.4) is 0 Å². The average molecular weight is 760 g/mol. The first kappa shape index (κ1) is 36.8. The van der Waals surface area contributed by atoms with Gasteiger partial charge in [-0.3, -0.25) is 4.79 Å². The molecule has 5 heterocycles. The van der Waals surface area contributed by atoms with Gasteiger partial charge in [0.1, 0.15) is 35.6 Å². The van der Waals surface area contributed by atoms with Gasteiger partial charge < -0.3 is 39.0 Å². The lowest BCUT2D eigenvalue weighted by Gasteiger charge is -2.28. The number of benzene rings is 3. The van der Waals surface area contributed by atoms with E-state index in [1.165, 1.54) is 7.11 Å². The molecule has 13 heteroatoms. The number of hydrogen-bond donors (Lipinski definition) is 3. The smallest absolute Gasteiger partial charge is 0.408 e. The number of nitrogens with one attached hydrogen (secondary N) is 3. The van der Waals surface area contributed by atoms with Gasteiger partial charge in [-0.15, -0.1) is 0 Å². The van der Waals surface area contributed by atoms with E-state index in [9.17, 15) is 14.4 Å². The van der Waals surface area contributed by atoms with Crippen LogP contribution >= 0.6 is 0 Å². The molecule has 4 bridgehead atoms. The Kier molecular flexibility index (Phi) is 10.0. The number of ether oxygens (including phenoxy) is 3. The van der Waals surface area contributed by atoms with Gasteiger partial charge in [0.05, 0.1) is 7.11 Å². The van der Waals surface area contributed by atoms with Gasteiger partial charge in [-0.05, 0) is 41.2 Å². The van der Waals surface area contributed by atoms with Crippen LogP contribution in [0.4, 0.5) is 10.5 Å². The Morgan fingerprint density at radius 2 is 1.77 bits per heavy atom. The summed E-state index contributed by atoms with van der Waals surface area (Å²) < 4.78 is 30.8. The van der Waals surface area contributed by atoms with Gasteiger partial charge in [0.25, 0.3) is 0 Å². The van der Waals surface area contributed by atoms with Crippen LogP contribution in [0.25, 0.3) is 11.6 Å². The largest absolute Gasteiger partial charge is 0.469 e. The van der Waals surface area contributed by atoms with Crippen molar-refractivity contribution in [3.8, 4) is 17.3 Å². The number of anilines is 1. The van der Waals surface area contributed by atoms with Gasteiger partial charge in [0.15, 0.2) is 23.4 Å². The van der Waals surface area contributed by atoms with Gasteiger partial charge in [-0.25, -0.2) is 19.6 Å². The van der Waals surface area contributed by atoms with Gasteiger partial charge >= 0.3 is 12.1 Å². The molecule has 3 aliphatic heterocycles. The Morgan fingerprint density at radius 1 is 0.964 bits per heavy atom. The number of esters is 1. The number of unbranched alkanes of at least 4 members (excludes halogenated alkanes) is 3. The zero-order chi connectivity index (χ0) is 39.0. The molecule has 2 unspecified atom stereocenters. The average Bonchev–Trinajstić information content (AvgIpc) is 3.97. The van der Waals surface area contributed by atoms with Gasteiger partial charge in [0, 0.05) is 24.1 Å². The molecule has 3 N–H and O–H groups in total. The number of amides is 2. The van der Waals surface area contributed by atoms with Crippen molar-refractivity contribution in [1.29, 1.82) is 0 Å². The normalized spacial score (nSPS) is 20.4. The van der Waals surface area contributed by atoms with Gasteiger partial charge in [-0.2, -0.15) is 0 Å². The van der Waals surface area contributed by atoms with Crippen LogP contribution in [-0.4, -0.2) is 47.3 Å². The molecule has 0 saturated carbocycles. The molecule has 56 heavy (non-hydrogen) atoms. The molecule has 8 rings (SSSR count). The number of carbonyl (C=O) groups is 3. The van der Waals surface area contributed by atoms with Crippen LogP contribution in [0, 0.1) is 5.92 Å². The number of nitrogens with zero attached hydrogens (tertiary/aromatic N) is 2. The van der Waals surface area contributed by atoms with E-state index in [1.807, 2.05) is 86.6 Å². The maximum Gasteiger partial charge on any atom is 0.408 e. The van der Waals surface area contributed by atoms with Crippen LogP contribution in [0.2, 0.25) is 0 Å². The molecule has 0 fully saturated rings. The molecular weight excluding hydrogens is 714 g/mol. The second-order valence-electron chi connectivity index (χ2n) is 14.8. The number of aryl methyl sites for hydroxylation is 1. The van der Waals surface area contributed by atoms with Crippen molar-refractivity contribution in [2.45, 2.75) is 89.6 Å². The number of alkyl carbamates (subject to hydrolysis) is 1. The fourth-order valence-electron chi connectivity index (χ4n) is 7.95. The summed E-state index contributed by atoms with van der Waals surface area (Å²) in [5.74, 6) is 0.421. The Morgan fingerprint density at radius 3 is 2.55 bits per heavy atom. The van der Waals surface area contributed by atoms with Crippen molar-refractivity contribution in [3.05, 3.63) is 118 Å². The predicted molar refractivity (Wildman–Crippen MR) is 205 cm³/mol. The quantitative estimate of drug-likeness (QED) is 0.0908. The zero-order valence-corrected chi connectivity index (χ0v) is 31.8. The summed E-state index contributed by atoms with van der Waals surface area (Å²) in [7, 11) is 1.31. The molecular formula is C43H45N5O8. The van der Waals surface area contributed by atoms with E-state index in [0.29, 0.717) is 23.7 Å². The van der Waals surface area contributed by atoms with Gasteiger partial charge in [-0.1, -0.05) is 101 Å². The minimum absolute atomic E-state index is 0.0446. The van der Waals surface area contributed by atoms with Gasteiger partial charge in [0.2, 0.25) is 17.7 Å². The number of rotatable bonds is 11. The van der Waals surface area contributed by atoms with E-state index in [0.717, 1.165) is 53.6 Å². The lowest BCUT2D eigenvalue weighted by atomic mass is 9.72. The minimum Gasteiger partial charge on any atom is -0.469 e. The number of hydrogen-bond acceptors (Lipinski definition) is 11. The summed E-state index contributed by atoms with van der Waals surface area (Å²) in [5.41, 5.74) is 3.33. The third-order valence-corrected chi connectivity index (χ3v) is 10.8. The van der Waals surface area contributed by atoms with Crippen LogP contribution in [0.15, 0.2) is 81.6 Å². The zero-order valence-electron chi connectivity index (χ0n) is 31.8. The number of para-hydroxylation sites is 1. The summed E-state index contributed by atoms with van der Waals surface area (Å²) in [5, 5.41) is 9.49. The number of carbonyl (C=O) groups excluding carboxylic acids is 3. The number of fused-ring (bicyclic) bond motifs is 4. The highest BCUT2D eigenvalue weighted by atomic mass is 16.5. The Balaban J connectivity index is 1.28. The van der Waals surface area contributed by atoms with Crippen molar-refractivity contribution in [1.82, 2.24) is 20.6 Å². The van der Waals surface area contributed by atoms with Crippen molar-refractivity contribution in [2.75, 3.05) is 12.4 Å². The van der Waals surface area contributed by atoms with Crippen LogP contribution in [-0.2, 0) is 39.1 Å². The topological polar surface area (TPSA) is 167 Å². The second kappa shape index (κ2) is 15.2. The summed E-state index contributed by atoms with van der Waals surface area (Å²) >= 11 is 0. The molecule has 4 atom stereocenters. The van der Waals surface area contributed by atoms with E-state index >= 15 is 0 Å². The van der Waals surface area contributed by atoms with Crippen molar-refractivity contribution >= 4 is 23.7 Å². The van der Waals surface area contributed by atoms with Crippen molar-refractivity contribution in [2.24, 2.45) is 5.92 Å². The Labute approximate surface area is 324 Å². The fourth-order valence-corrected chi connectivity index (χ4v) is 7.95. The van der Waals surface area contributed by atoms with E-state index in [2.05, 4.69) is 22.9 Å². The fraction of sp³-hybridized carbons (Fsp3) is 0.372. The molecule has 0 aliphatic carbocycles. The van der Waals surface area contributed by atoms with Crippen LogP contribution in [0.1, 0.15) is 103 Å². The highest BCUT2D eigenvalue weighted by Gasteiger charge is 2.61. The van der Waals surface area contributed by atoms with Crippen LogP contribution in [0.5, 0.6) is 5.75 Å². The lowest BCUT2D eigenvalue weighted by Crippen LogP contribution is -2.49. The van der Waals surface area contributed by atoms with E-state index in [4.69, 9.17) is 33.0 Å². The molecule has 0 saturated heterocycles. The van der Waals surface area contributed by atoms with Crippen molar-refractivity contribution < 1.29 is 37.4 Å². The molecule has 3 aliphatic rings. The molecule has 3 aromatic carbocycles. The number of aromatic nitrogens is 2.